The summed E-state index contributed by atoms with van der Waals surface area (Å²) in [4.78, 5) is 50.2. The molecule has 9 nitrogen and oxygen atoms in total. The van der Waals surface area contributed by atoms with E-state index < -0.39 is 0 Å². The first kappa shape index (κ1) is 29.5. The molecular weight excluding hydrogens is 573 g/mol. The SMILES string of the molecule is O=C1OCCN1[C@@H]1CCN(C(=O)N2CC[C@@H](Cn3cnc(-c4ccccc4)cc3=O)C3(CCCC3)C2)[C@H](c2cccc(F)c2)C1. The van der Waals surface area contributed by atoms with Crippen LogP contribution in [0.2, 0.25) is 0 Å². The van der Waals surface area contributed by atoms with Crippen molar-refractivity contribution in [1.82, 2.24) is 24.3 Å². The monoisotopic (exact) mass is 613 g/mol. The molecule has 3 aromatic rings. The molecule has 1 spiro atoms. The van der Waals surface area contributed by atoms with Crippen molar-refractivity contribution in [2.24, 2.45) is 11.3 Å². The highest BCUT2D eigenvalue weighted by atomic mass is 19.1. The van der Waals surface area contributed by atoms with Gasteiger partial charge in [0, 0.05) is 43.9 Å². The zero-order chi connectivity index (χ0) is 31.0. The number of hydrogen-bond acceptors (Lipinski definition) is 5. The number of urea groups is 1. The van der Waals surface area contributed by atoms with Crippen LogP contribution in [-0.2, 0) is 11.3 Å². The van der Waals surface area contributed by atoms with Gasteiger partial charge in [-0.1, -0.05) is 55.3 Å². The third-order valence-corrected chi connectivity index (χ3v) is 10.6. The lowest BCUT2D eigenvalue weighted by atomic mass is 9.69. The second kappa shape index (κ2) is 12.3. The van der Waals surface area contributed by atoms with Crippen LogP contribution in [0.15, 0.2) is 71.8 Å². The van der Waals surface area contributed by atoms with Crippen LogP contribution in [0.25, 0.3) is 11.3 Å². The number of carbonyl (C=O) groups excluding carboxylic acids is 2. The summed E-state index contributed by atoms with van der Waals surface area (Å²) >= 11 is 0. The number of hydrogen-bond donors (Lipinski definition) is 0. The van der Waals surface area contributed by atoms with Gasteiger partial charge in [-0.2, -0.15) is 0 Å². The van der Waals surface area contributed by atoms with Crippen LogP contribution in [0.3, 0.4) is 0 Å². The molecule has 45 heavy (non-hydrogen) atoms. The molecule has 0 N–H and O–H groups in total. The lowest BCUT2D eigenvalue weighted by Gasteiger charge is -2.49. The van der Waals surface area contributed by atoms with E-state index in [1.807, 2.05) is 46.2 Å². The molecule has 1 saturated carbocycles. The molecule has 3 saturated heterocycles. The second-order valence-electron chi connectivity index (χ2n) is 13.1. The van der Waals surface area contributed by atoms with Crippen molar-refractivity contribution in [3.8, 4) is 11.3 Å². The summed E-state index contributed by atoms with van der Waals surface area (Å²) in [5.41, 5.74) is 2.22. The maximum Gasteiger partial charge on any atom is 0.410 e. The van der Waals surface area contributed by atoms with Crippen molar-refractivity contribution in [2.45, 2.75) is 63.6 Å². The first-order chi connectivity index (χ1) is 21.9. The van der Waals surface area contributed by atoms with Crippen molar-refractivity contribution >= 4 is 12.1 Å². The molecular formula is C35H40FN5O4. The fourth-order valence-electron chi connectivity index (χ4n) is 8.27. The van der Waals surface area contributed by atoms with Crippen LogP contribution in [0.1, 0.15) is 56.6 Å². The van der Waals surface area contributed by atoms with Gasteiger partial charge in [-0.3, -0.25) is 9.36 Å². The molecule has 1 aliphatic carbocycles. The molecule has 4 heterocycles. The number of aromatic nitrogens is 2. The number of likely N-dealkylation sites (tertiary alicyclic amines) is 2. The average Bonchev–Trinajstić information content (AvgIpc) is 3.72. The van der Waals surface area contributed by atoms with Gasteiger partial charge in [0.2, 0.25) is 0 Å². The van der Waals surface area contributed by atoms with Crippen molar-refractivity contribution in [2.75, 3.05) is 32.8 Å². The maximum atomic E-state index is 14.4. The minimum atomic E-state index is -0.342. The molecule has 0 bridgehead atoms. The minimum Gasteiger partial charge on any atom is -0.448 e. The molecule has 1 aromatic heterocycles. The number of piperidine rings is 2. The Morgan fingerprint density at radius 1 is 0.978 bits per heavy atom. The number of amides is 3. The van der Waals surface area contributed by atoms with Crippen molar-refractivity contribution in [3.05, 3.63) is 88.7 Å². The summed E-state index contributed by atoms with van der Waals surface area (Å²) in [6.07, 6.45) is 7.64. The van der Waals surface area contributed by atoms with Crippen molar-refractivity contribution in [3.63, 3.8) is 0 Å². The van der Waals surface area contributed by atoms with Crippen LogP contribution < -0.4 is 5.56 Å². The van der Waals surface area contributed by atoms with Gasteiger partial charge in [0.1, 0.15) is 12.4 Å². The van der Waals surface area contributed by atoms with E-state index in [0.717, 1.165) is 43.2 Å². The topological polar surface area (TPSA) is 88.0 Å². The normalized spacial score (nSPS) is 24.7. The molecule has 236 valence electrons. The maximum absolute atomic E-state index is 14.4. The van der Waals surface area contributed by atoms with E-state index >= 15 is 0 Å². The van der Waals surface area contributed by atoms with Crippen LogP contribution in [0.5, 0.6) is 0 Å². The summed E-state index contributed by atoms with van der Waals surface area (Å²) in [7, 11) is 0. The minimum absolute atomic E-state index is 0.0255. The zero-order valence-corrected chi connectivity index (χ0v) is 25.5. The number of ether oxygens (including phenoxy) is 1. The fraction of sp³-hybridized carbons (Fsp3) is 0.486. The predicted molar refractivity (Wildman–Crippen MR) is 167 cm³/mol. The Bertz CT molecular complexity index is 1610. The molecule has 3 atom stereocenters. The fourth-order valence-corrected chi connectivity index (χ4v) is 8.27. The van der Waals surface area contributed by atoms with Gasteiger partial charge >= 0.3 is 12.1 Å². The standard InChI is InChI=1S/C35H40FN5O4/c36-28-10-6-9-26(19-28)31-20-29(40-17-18-45-34(40)44)12-16-41(31)33(43)38-15-11-27(35(23-38)13-4-5-14-35)22-39-24-37-30(21-32(39)42)25-7-2-1-3-8-25/h1-3,6-10,19,21,24,27,29,31H,4-5,11-18,20,22-23H2/t27-,29+,31-/m0/s1. The molecule has 10 heteroatoms. The van der Waals surface area contributed by atoms with Gasteiger partial charge in [-0.05, 0) is 61.1 Å². The Morgan fingerprint density at radius 3 is 2.53 bits per heavy atom. The van der Waals surface area contributed by atoms with Crippen molar-refractivity contribution < 1.29 is 18.7 Å². The van der Waals surface area contributed by atoms with Gasteiger partial charge < -0.3 is 19.4 Å². The molecule has 0 unspecified atom stereocenters. The van der Waals surface area contributed by atoms with E-state index in [1.165, 1.54) is 12.1 Å². The molecule has 0 radical (unpaired) electrons. The smallest absolute Gasteiger partial charge is 0.410 e. The third-order valence-electron chi connectivity index (χ3n) is 10.6. The highest BCUT2D eigenvalue weighted by molar-refractivity contribution is 5.76. The zero-order valence-electron chi connectivity index (χ0n) is 25.5. The van der Waals surface area contributed by atoms with Gasteiger partial charge in [0.15, 0.2) is 0 Å². The first-order valence-corrected chi connectivity index (χ1v) is 16.3. The Hall–Kier alpha value is -4.21. The Morgan fingerprint density at radius 2 is 1.80 bits per heavy atom. The summed E-state index contributed by atoms with van der Waals surface area (Å²) < 4.78 is 21.3. The largest absolute Gasteiger partial charge is 0.448 e. The van der Waals surface area contributed by atoms with E-state index in [-0.39, 0.29) is 46.9 Å². The quantitative estimate of drug-likeness (QED) is 0.368. The first-order valence-electron chi connectivity index (χ1n) is 16.3. The molecule has 3 aliphatic heterocycles. The van der Waals surface area contributed by atoms with Gasteiger partial charge in [-0.15, -0.1) is 0 Å². The molecule has 3 amide bonds. The van der Waals surface area contributed by atoms with Gasteiger partial charge in [-0.25, -0.2) is 19.0 Å². The molecule has 2 aromatic carbocycles. The van der Waals surface area contributed by atoms with E-state index in [0.29, 0.717) is 57.9 Å². The van der Waals surface area contributed by atoms with Crippen LogP contribution >= 0.6 is 0 Å². The van der Waals surface area contributed by atoms with E-state index in [9.17, 15) is 18.8 Å². The van der Waals surface area contributed by atoms with Crippen LogP contribution in [0, 0.1) is 17.2 Å². The summed E-state index contributed by atoms with van der Waals surface area (Å²) in [6.45, 7) is 3.23. The number of benzene rings is 2. The number of halogens is 1. The lowest BCUT2D eigenvalue weighted by molar-refractivity contribution is 0.0175. The van der Waals surface area contributed by atoms with E-state index in [2.05, 4.69) is 4.98 Å². The summed E-state index contributed by atoms with van der Waals surface area (Å²) in [5, 5.41) is 0. The van der Waals surface area contributed by atoms with Gasteiger partial charge in [0.25, 0.3) is 5.56 Å². The number of nitrogens with zero attached hydrogens (tertiary/aromatic N) is 5. The highest BCUT2D eigenvalue weighted by Crippen LogP contribution is 2.49. The number of rotatable bonds is 5. The van der Waals surface area contributed by atoms with E-state index in [1.54, 1.807) is 27.9 Å². The Kier molecular flexibility index (Phi) is 8.06. The predicted octanol–water partition coefficient (Wildman–Crippen LogP) is 5.71. The Labute approximate surface area is 262 Å². The highest BCUT2D eigenvalue weighted by Gasteiger charge is 2.48. The van der Waals surface area contributed by atoms with Crippen LogP contribution in [-0.4, -0.2) is 75.2 Å². The van der Waals surface area contributed by atoms with Gasteiger partial charge in [0.05, 0.1) is 24.6 Å². The van der Waals surface area contributed by atoms with E-state index in [4.69, 9.17) is 4.74 Å². The Balaban J connectivity index is 1.09. The van der Waals surface area contributed by atoms with Crippen molar-refractivity contribution in [1.29, 1.82) is 0 Å². The molecule has 7 rings (SSSR count). The number of cyclic esters (lactones) is 1. The molecule has 4 aliphatic rings. The van der Waals surface area contributed by atoms with Crippen LogP contribution in [0.4, 0.5) is 14.0 Å². The summed E-state index contributed by atoms with van der Waals surface area (Å²) in [5.74, 6) is -0.0769. The average molecular weight is 614 g/mol. The number of carbonyl (C=O) groups is 2. The molecule has 4 fully saturated rings. The summed E-state index contributed by atoms with van der Waals surface area (Å²) in [6, 6.07) is 17.4. The lowest BCUT2D eigenvalue weighted by Crippen LogP contribution is -2.57. The third kappa shape index (κ3) is 5.82. The second-order valence-corrected chi connectivity index (χ2v) is 13.1.